The predicted octanol–water partition coefficient (Wildman–Crippen LogP) is 3.25. The summed E-state index contributed by atoms with van der Waals surface area (Å²) in [6.07, 6.45) is 5.65. The van der Waals surface area contributed by atoms with Crippen LogP contribution in [0.4, 0.5) is 0 Å². The predicted molar refractivity (Wildman–Crippen MR) is 74.3 cm³/mol. The minimum Gasteiger partial charge on any atom is -0.378 e. The molecule has 0 spiro atoms. The van der Waals surface area contributed by atoms with Crippen molar-refractivity contribution in [2.24, 2.45) is 5.92 Å². The van der Waals surface area contributed by atoms with E-state index in [9.17, 15) is 5.26 Å². The first-order valence-corrected chi connectivity index (χ1v) is 7.33. The molecule has 1 aliphatic rings. The third kappa shape index (κ3) is 5.37. The van der Waals surface area contributed by atoms with Gasteiger partial charge in [-0.3, -0.25) is 5.32 Å². The van der Waals surface area contributed by atoms with Crippen molar-refractivity contribution >= 4 is 0 Å². The molecule has 2 unspecified atom stereocenters. The van der Waals surface area contributed by atoms with Gasteiger partial charge in [0.05, 0.1) is 12.2 Å². The van der Waals surface area contributed by atoms with Crippen LogP contribution in [0.2, 0.25) is 0 Å². The highest BCUT2D eigenvalue weighted by Gasteiger charge is 2.33. The molecule has 0 bridgehead atoms. The summed E-state index contributed by atoms with van der Waals surface area (Å²) in [5.74, 6) is 0.650. The molecule has 18 heavy (non-hydrogen) atoms. The van der Waals surface area contributed by atoms with Crippen molar-refractivity contribution in [1.82, 2.24) is 5.32 Å². The summed E-state index contributed by atoms with van der Waals surface area (Å²) in [4.78, 5) is 0. The van der Waals surface area contributed by atoms with Crippen molar-refractivity contribution in [2.45, 2.75) is 77.5 Å². The van der Waals surface area contributed by atoms with Crippen molar-refractivity contribution in [3.05, 3.63) is 0 Å². The summed E-state index contributed by atoms with van der Waals surface area (Å²) in [5.41, 5.74) is -0.436. The van der Waals surface area contributed by atoms with E-state index in [0.29, 0.717) is 12.0 Å². The minimum atomic E-state index is -0.436. The zero-order chi connectivity index (χ0) is 13.6. The number of nitriles is 1. The summed E-state index contributed by atoms with van der Waals surface area (Å²) in [6.45, 7) is 9.29. The van der Waals surface area contributed by atoms with Crippen LogP contribution in [0.1, 0.15) is 59.8 Å². The summed E-state index contributed by atoms with van der Waals surface area (Å²) in [5, 5.41) is 12.7. The van der Waals surface area contributed by atoms with E-state index in [0.717, 1.165) is 13.0 Å². The van der Waals surface area contributed by atoms with Gasteiger partial charge in [0.1, 0.15) is 5.54 Å². The normalized spacial score (nSPS) is 20.4. The Morgan fingerprint density at radius 2 is 2.00 bits per heavy atom. The van der Waals surface area contributed by atoms with Crippen LogP contribution in [0.25, 0.3) is 0 Å². The summed E-state index contributed by atoms with van der Waals surface area (Å²) < 4.78 is 5.89. The lowest BCUT2D eigenvalue weighted by Gasteiger charge is -2.27. The highest BCUT2D eigenvalue weighted by molar-refractivity contribution is 5.07. The Bertz CT molecular complexity index is 279. The third-order valence-electron chi connectivity index (χ3n) is 3.81. The van der Waals surface area contributed by atoms with Crippen LogP contribution < -0.4 is 5.32 Å². The fourth-order valence-electron chi connectivity index (χ4n) is 2.27. The lowest BCUT2D eigenvalue weighted by atomic mass is 9.96. The van der Waals surface area contributed by atoms with E-state index in [1.54, 1.807) is 0 Å². The highest BCUT2D eigenvalue weighted by Crippen LogP contribution is 2.25. The van der Waals surface area contributed by atoms with Crippen molar-refractivity contribution < 1.29 is 4.74 Å². The van der Waals surface area contributed by atoms with Crippen LogP contribution >= 0.6 is 0 Å². The van der Waals surface area contributed by atoms with Crippen LogP contribution in [-0.2, 0) is 4.74 Å². The van der Waals surface area contributed by atoms with Crippen LogP contribution in [0.15, 0.2) is 0 Å². The van der Waals surface area contributed by atoms with Crippen LogP contribution in [0, 0.1) is 17.2 Å². The van der Waals surface area contributed by atoms with Gasteiger partial charge in [0, 0.05) is 19.1 Å². The molecule has 0 aromatic rings. The first kappa shape index (κ1) is 15.5. The van der Waals surface area contributed by atoms with E-state index in [4.69, 9.17) is 4.74 Å². The maximum absolute atomic E-state index is 9.31. The van der Waals surface area contributed by atoms with E-state index < -0.39 is 5.54 Å². The Balaban J connectivity index is 2.32. The van der Waals surface area contributed by atoms with Gasteiger partial charge in [-0.25, -0.2) is 0 Å². The Hall–Kier alpha value is -0.590. The maximum atomic E-state index is 9.31. The van der Waals surface area contributed by atoms with Crippen molar-refractivity contribution in [1.29, 1.82) is 5.26 Å². The van der Waals surface area contributed by atoms with Gasteiger partial charge in [0.25, 0.3) is 0 Å². The van der Waals surface area contributed by atoms with E-state index in [1.807, 2.05) is 6.92 Å². The van der Waals surface area contributed by atoms with Gasteiger partial charge >= 0.3 is 0 Å². The lowest BCUT2D eigenvalue weighted by molar-refractivity contribution is 0.0232. The molecule has 1 N–H and O–H groups in total. The van der Waals surface area contributed by atoms with Crippen molar-refractivity contribution in [3.63, 3.8) is 0 Å². The SMILES string of the molecule is CCC(CC)COC(C)CC(C)(C#N)NC1CC1. The molecule has 0 radical (unpaired) electrons. The molecule has 1 fully saturated rings. The number of rotatable bonds is 9. The molecular formula is C15H28N2O. The molecule has 2 atom stereocenters. The molecule has 3 nitrogen and oxygen atoms in total. The maximum Gasteiger partial charge on any atom is 0.106 e. The quantitative estimate of drug-likeness (QED) is 0.685. The highest BCUT2D eigenvalue weighted by atomic mass is 16.5. The van der Waals surface area contributed by atoms with Crippen LogP contribution in [-0.4, -0.2) is 24.3 Å². The third-order valence-corrected chi connectivity index (χ3v) is 3.81. The molecule has 0 aromatic heterocycles. The summed E-state index contributed by atoms with van der Waals surface area (Å²) >= 11 is 0. The van der Waals surface area contributed by atoms with Gasteiger partial charge in [-0.1, -0.05) is 26.7 Å². The molecule has 1 rings (SSSR count). The number of hydrogen-bond acceptors (Lipinski definition) is 3. The van der Waals surface area contributed by atoms with Gasteiger partial charge in [-0.15, -0.1) is 0 Å². The fourth-order valence-corrected chi connectivity index (χ4v) is 2.27. The van der Waals surface area contributed by atoms with Crippen LogP contribution in [0.3, 0.4) is 0 Å². The van der Waals surface area contributed by atoms with E-state index in [2.05, 4.69) is 32.2 Å². The Morgan fingerprint density at radius 3 is 2.44 bits per heavy atom. The Morgan fingerprint density at radius 1 is 1.39 bits per heavy atom. The standard InChI is InChI=1S/C15H28N2O/c1-5-13(6-2)10-18-12(3)9-15(4,11-16)17-14-7-8-14/h12-14,17H,5-10H2,1-4H3. The number of hydrogen-bond donors (Lipinski definition) is 1. The molecule has 1 saturated carbocycles. The molecule has 1 aliphatic carbocycles. The first-order valence-electron chi connectivity index (χ1n) is 7.33. The Kier molecular flexibility index (Phi) is 6.11. The molecular weight excluding hydrogens is 224 g/mol. The second kappa shape index (κ2) is 7.11. The average Bonchev–Trinajstić information content (AvgIpc) is 3.14. The molecule has 3 heteroatoms. The topological polar surface area (TPSA) is 45.0 Å². The van der Waals surface area contributed by atoms with Gasteiger partial charge in [0.2, 0.25) is 0 Å². The van der Waals surface area contributed by atoms with Gasteiger partial charge in [-0.2, -0.15) is 5.26 Å². The van der Waals surface area contributed by atoms with Crippen molar-refractivity contribution in [3.8, 4) is 6.07 Å². The summed E-state index contributed by atoms with van der Waals surface area (Å²) in [7, 11) is 0. The molecule has 0 heterocycles. The van der Waals surface area contributed by atoms with E-state index in [-0.39, 0.29) is 6.10 Å². The minimum absolute atomic E-state index is 0.140. The van der Waals surface area contributed by atoms with Crippen LogP contribution in [0.5, 0.6) is 0 Å². The second-order valence-electron chi connectivity index (χ2n) is 5.89. The zero-order valence-corrected chi connectivity index (χ0v) is 12.3. The summed E-state index contributed by atoms with van der Waals surface area (Å²) in [6, 6.07) is 2.96. The van der Waals surface area contributed by atoms with Crippen molar-refractivity contribution in [2.75, 3.05) is 6.61 Å². The smallest absolute Gasteiger partial charge is 0.106 e. The first-order chi connectivity index (χ1) is 8.53. The van der Waals surface area contributed by atoms with Gasteiger partial charge in [0.15, 0.2) is 0 Å². The largest absolute Gasteiger partial charge is 0.378 e. The number of nitrogens with zero attached hydrogens (tertiary/aromatic N) is 1. The number of ether oxygens (including phenoxy) is 1. The molecule has 0 amide bonds. The molecule has 0 saturated heterocycles. The lowest BCUT2D eigenvalue weighted by Crippen LogP contribution is -2.45. The van der Waals surface area contributed by atoms with E-state index in [1.165, 1.54) is 25.7 Å². The Labute approximate surface area is 112 Å². The van der Waals surface area contributed by atoms with E-state index >= 15 is 0 Å². The zero-order valence-electron chi connectivity index (χ0n) is 12.3. The second-order valence-corrected chi connectivity index (χ2v) is 5.89. The fraction of sp³-hybridized carbons (Fsp3) is 0.933. The molecule has 104 valence electrons. The molecule has 0 aromatic carbocycles. The molecule has 0 aliphatic heterocycles. The monoisotopic (exact) mass is 252 g/mol. The van der Waals surface area contributed by atoms with Gasteiger partial charge in [-0.05, 0) is 32.6 Å². The average molecular weight is 252 g/mol. The number of nitrogens with one attached hydrogen (secondary N) is 1. The van der Waals surface area contributed by atoms with Gasteiger partial charge < -0.3 is 4.74 Å².